The Morgan fingerprint density at radius 3 is 2.69 bits per heavy atom. The summed E-state index contributed by atoms with van der Waals surface area (Å²) >= 11 is 0. The lowest BCUT2D eigenvalue weighted by Crippen LogP contribution is -2.29. The van der Waals surface area contributed by atoms with Gasteiger partial charge < -0.3 is 19.9 Å². The molecule has 2 aromatic carbocycles. The van der Waals surface area contributed by atoms with E-state index >= 15 is 0 Å². The van der Waals surface area contributed by atoms with Crippen molar-refractivity contribution in [3.63, 3.8) is 0 Å². The van der Waals surface area contributed by atoms with Crippen molar-refractivity contribution >= 4 is 11.7 Å². The molecule has 0 unspecified atom stereocenters. The number of ether oxygens (including phenoxy) is 2. The molecule has 2 aliphatic rings. The Kier molecular flexibility index (Phi) is 4.07. The molecule has 1 aliphatic carbocycles. The van der Waals surface area contributed by atoms with Crippen LogP contribution in [0.5, 0.6) is 11.5 Å². The molecular formula is C21H21NO4. The lowest BCUT2D eigenvalue weighted by atomic mass is 9.76. The molecule has 26 heavy (non-hydrogen) atoms. The molecule has 1 heterocycles. The number of methoxy groups -OCH3 is 2. The van der Waals surface area contributed by atoms with Crippen LogP contribution < -0.4 is 14.8 Å². The minimum Gasteiger partial charge on any atom is -0.497 e. The summed E-state index contributed by atoms with van der Waals surface area (Å²) in [6, 6.07) is 11.2. The van der Waals surface area contributed by atoms with Gasteiger partial charge in [-0.15, -0.1) is 0 Å². The van der Waals surface area contributed by atoms with Crippen molar-refractivity contribution < 1.29 is 19.4 Å². The van der Waals surface area contributed by atoms with E-state index in [0.29, 0.717) is 11.5 Å². The highest BCUT2D eigenvalue weighted by Crippen LogP contribution is 2.51. The molecule has 2 aromatic rings. The third-order valence-electron chi connectivity index (χ3n) is 5.38. The van der Waals surface area contributed by atoms with Gasteiger partial charge in [-0.3, -0.25) is 0 Å². The molecule has 0 spiro atoms. The van der Waals surface area contributed by atoms with Crippen molar-refractivity contribution in [1.82, 2.24) is 0 Å². The van der Waals surface area contributed by atoms with E-state index in [0.717, 1.165) is 34.7 Å². The highest BCUT2D eigenvalue weighted by molar-refractivity contribution is 5.89. The van der Waals surface area contributed by atoms with Crippen LogP contribution in [0.25, 0.3) is 0 Å². The lowest BCUT2D eigenvalue weighted by Gasteiger charge is -2.38. The molecule has 5 heteroatoms. The summed E-state index contributed by atoms with van der Waals surface area (Å²) in [5.74, 6) is 1.19. The van der Waals surface area contributed by atoms with Crippen LogP contribution in [0, 0.1) is 5.92 Å². The highest BCUT2D eigenvalue weighted by atomic mass is 16.5. The molecule has 2 N–H and O–H groups in total. The second kappa shape index (κ2) is 6.41. The maximum absolute atomic E-state index is 11.3. The average molecular weight is 351 g/mol. The number of carboxylic acid groups (broad SMARTS) is 1. The molecule has 1 aliphatic heterocycles. The topological polar surface area (TPSA) is 67.8 Å². The fourth-order valence-corrected chi connectivity index (χ4v) is 4.12. The Balaban J connectivity index is 1.80. The largest absolute Gasteiger partial charge is 0.497 e. The number of carbonyl (C=O) groups is 1. The van der Waals surface area contributed by atoms with Crippen LogP contribution >= 0.6 is 0 Å². The van der Waals surface area contributed by atoms with Crippen molar-refractivity contribution in [3.05, 3.63) is 65.2 Å². The number of hydrogen-bond acceptors (Lipinski definition) is 4. The molecule has 4 rings (SSSR count). The summed E-state index contributed by atoms with van der Waals surface area (Å²) in [5, 5.41) is 12.9. The minimum atomic E-state index is -0.900. The molecule has 3 atom stereocenters. The second-order valence-electron chi connectivity index (χ2n) is 6.69. The molecule has 0 bridgehead atoms. The SMILES string of the molecule is COc1ccc(OC)c([C@@H]2Nc3ccc(C(=O)O)cc3[C@H]3C=CC[C@H]32)c1. The predicted octanol–water partition coefficient (Wildman–Crippen LogP) is 4.23. The zero-order valence-corrected chi connectivity index (χ0v) is 14.7. The van der Waals surface area contributed by atoms with Gasteiger partial charge in [-0.2, -0.15) is 0 Å². The summed E-state index contributed by atoms with van der Waals surface area (Å²) in [6.07, 6.45) is 5.30. The Hall–Kier alpha value is -2.95. The number of fused-ring (bicyclic) bond motifs is 3. The van der Waals surface area contributed by atoms with Crippen LogP contribution in [-0.2, 0) is 0 Å². The summed E-state index contributed by atoms with van der Waals surface area (Å²) in [4.78, 5) is 11.3. The average Bonchev–Trinajstić information content (AvgIpc) is 3.16. The first-order valence-corrected chi connectivity index (χ1v) is 8.64. The molecule has 0 amide bonds. The van der Waals surface area contributed by atoms with Gasteiger partial charge in [0.15, 0.2) is 0 Å². The fraction of sp³-hybridized carbons (Fsp3) is 0.286. The molecule has 0 saturated carbocycles. The van der Waals surface area contributed by atoms with Crippen LogP contribution in [0.3, 0.4) is 0 Å². The Bertz CT molecular complexity index is 890. The van der Waals surface area contributed by atoms with Crippen LogP contribution in [0.2, 0.25) is 0 Å². The van der Waals surface area contributed by atoms with Crippen LogP contribution in [0.15, 0.2) is 48.6 Å². The number of benzene rings is 2. The van der Waals surface area contributed by atoms with E-state index < -0.39 is 5.97 Å². The van der Waals surface area contributed by atoms with E-state index in [9.17, 15) is 9.90 Å². The Labute approximate surface area is 152 Å². The number of aromatic carboxylic acids is 1. The van der Waals surface area contributed by atoms with Gasteiger partial charge in [0.1, 0.15) is 11.5 Å². The quantitative estimate of drug-likeness (QED) is 0.807. The summed E-state index contributed by atoms with van der Waals surface area (Å²) in [6.45, 7) is 0. The maximum Gasteiger partial charge on any atom is 0.335 e. The van der Waals surface area contributed by atoms with Gasteiger partial charge in [0, 0.05) is 17.2 Å². The maximum atomic E-state index is 11.3. The van der Waals surface area contributed by atoms with Crippen LogP contribution in [-0.4, -0.2) is 25.3 Å². The summed E-state index contributed by atoms with van der Waals surface area (Å²) in [5.41, 5.74) is 3.39. The van der Waals surface area contributed by atoms with Gasteiger partial charge in [0.25, 0.3) is 0 Å². The van der Waals surface area contributed by atoms with Gasteiger partial charge in [-0.25, -0.2) is 4.79 Å². The monoisotopic (exact) mass is 351 g/mol. The van der Waals surface area contributed by atoms with Crippen molar-refractivity contribution in [2.75, 3.05) is 19.5 Å². The van der Waals surface area contributed by atoms with Crippen LogP contribution in [0.1, 0.15) is 39.9 Å². The van der Waals surface area contributed by atoms with E-state index in [4.69, 9.17) is 9.47 Å². The van der Waals surface area contributed by atoms with Gasteiger partial charge >= 0.3 is 5.97 Å². The lowest BCUT2D eigenvalue weighted by molar-refractivity contribution is 0.0696. The Morgan fingerprint density at radius 2 is 1.96 bits per heavy atom. The number of hydrogen-bond donors (Lipinski definition) is 2. The standard InChI is InChI=1S/C21H21NO4/c1-25-13-7-9-19(26-2)17(11-13)20-15-5-3-4-14(15)16-10-12(21(23)24)6-8-18(16)22-20/h3-4,6-11,14-15,20,22H,5H2,1-2H3,(H,23,24)/t14-,15+,20+/m0/s1. The number of carboxylic acids is 1. The zero-order chi connectivity index (χ0) is 18.3. The fourth-order valence-electron chi connectivity index (χ4n) is 4.12. The number of nitrogens with one attached hydrogen (secondary N) is 1. The molecule has 0 radical (unpaired) electrons. The first-order valence-electron chi connectivity index (χ1n) is 8.64. The highest BCUT2D eigenvalue weighted by Gasteiger charge is 2.39. The van der Waals surface area contributed by atoms with Crippen molar-refractivity contribution in [2.24, 2.45) is 5.92 Å². The molecule has 0 fully saturated rings. The molecule has 5 nitrogen and oxygen atoms in total. The Morgan fingerprint density at radius 1 is 1.12 bits per heavy atom. The first-order chi connectivity index (χ1) is 12.6. The summed E-state index contributed by atoms with van der Waals surface area (Å²) in [7, 11) is 3.33. The normalized spacial score (nSPS) is 22.9. The van der Waals surface area contributed by atoms with E-state index in [1.54, 1.807) is 26.4 Å². The van der Waals surface area contributed by atoms with Gasteiger partial charge in [-0.1, -0.05) is 12.2 Å². The molecule has 0 aromatic heterocycles. The number of rotatable bonds is 4. The summed E-state index contributed by atoms with van der Waals surface area (Å²) < 4.78 is 11.0. The second-order valence-corrected chi connectivity index (χ2v) is 6.69. The zero-order valence-electron chi connectivity index (χ0n) is 14.7. The van der Waals surface area contributed by atoms with Gasteiger partial charge in [0.05, 0.1) is 25.8 Å². The number of allylic oxidation sites excluding steroid dienone is 2. The molecule has 134 valence electrons. The first kappa shape index (κ1) is 16.5. The van der Waals surface area contributed by atoms with Crippen molar-refractivity contribution in [1.29, 1.82) is 0 Å². The van der Waals surface area contributed by atoms with E-state index in [-0.39, 0.29) is 12.0 Å². The van der Waals surface area contributed by atoms with E-state index in [1.807, 2.05) is 24.3 Å². The smallest absolute Gasteiger partial charge is 0.335 e. The number of anilines is 1. The third kappa shape index (κ3) is 2.60. The van der Waals surface area contributed by atoms with Crippen molar-refractivity contribution in [3.8, 4) is 11.5 Å². The minimum absolute atomic E-state index is 0.0585. The van der Waals surface area contributed by atoms with Crippen molar-refractivity contribution in [2.45, 2.75) is 18.4 Å². The molecule has 0 saturated heterocycles. The van der Waals surface area contributed by atoms with Gasteiger partial charge in [-0.05, 0) is 54.3 Å². The third-order valence-corrected chi connectivity index (χ3v) is 5.38. The molecular weight excluding hydrogens is 330 g/mol. The van der Waals surface area contributed by atoms with E-state index in [2.05, 4.69) is 17.5 Å². The van der Waals surface area contributed by atoms with E-state index in [1.165, 1.54) is 0 Å². The van der Waals surface area contributed by atoms with Crippen LogP contribution in [0.4, 0.5) is 5.69 Å². The predicted molar refractivity (Wildman–Crippen MR) is 99.3 cm³/mol. The van der Waals surface area contributed by atoms with Gasteiger partial charge in [0.2, 0.25) is 0 Å².